The number of rotatable bonds is 4. The molecule has 20 heavy (non-hydrogen) atoms. The molecule has 0 aliphatic rings. The van der Waals surface area contributed by atoms with Crippen LogP contribution >= 0.6 is 27.5 Å². The standard InChI is InChI=1S/C15H16BrClN2O/c1-9-4-3-5-11(14(9)16)15(19-18)10-6-7-12(17)13(8-10)20-2/h3-8,15,19H,18H2,1-2H3. The molecule has 1 unspecified atom stereocenters. The lowest BCUT2D eigenvalue weighted by molar-refractivity contribution is 0.414. The van der Waals surface area contributed by atoms with Gasteiger partial charge in [0.2, 0.25) is 0 Å². The Morgan fingerprint density at radius 3 is 2.70 bits per heavy atom. The number of halogens is 2. The molecule has 3 N–H and O–H groups in total. The van der Waals surface area contributed by atoms with Crippen molar-refractivity contribution in [2.75, 3.05) is 7.11 Å². The first-order valence-corrected chi connectivity index (χ1v) is 7.30. The Bertz CT molecular complexity index is 619. The highest BCUT2D eigenvalue weighted by Gasteiger charge is 2.17. The highest BCUT2D eigenvalue weighted by molar-refractivity contribution is 9.10. The Morgan fingerprint density at radius 2 is 2.05 bits per heavy atom. The molecule has 0 spiro atoms. The summed E-state index contributed by atoms with van der Waals surface area (Å²) in [5.41, 5.74) is 6.05. The van der Waals surface area contributed by atoms with Crippen molar-refractivity contribution < 1.29 is 4.74 Å². The van der Waals surface area contributed by atoms with Crippen molar-refractivity contribution in [3.63, 3.8) is 0 Å². The molecule has 0 radical (unpaired) electrons. The van der Waals surface area contributed by atoms with E-state index in [1.807, 2.05) is 43.3 Å². The molecule has 0 saturated heterocycles. The van der Waals surface area contributed by atoms with Crippen LogP contribution < -0.4 is 16.0 Å². The van der Waals surface area contributed by atoms with E-state index in [0.717, 1.165) is 21.2 Å². The quantitative estimate of drug-likeness (QED) is 0.644. The number of methoxy groups -OCH3 is 1. The van der Waals surface area contributed by atoms with Crippen LogP contribution in [0.1, 0.15) is 22.7 Å². The predicted molar refractivity (Wildman–Crippen MR) is 86.0 cm³/mol. The fraction of sp³-hybridized carbons (Fsp3) is 0.200. The van der Waals surface area contributed by atoms with Crippen LogP contribution in [0.3, 0.4) is 0 Å². The zero-order chi connectivity index (χ0) is 14.7. The van der Waals surface area contributed by atoms with Gasteiger partial charge < -0.3 is 4.74 Å². The lowest BCUT2D eigenvalue weighted by Crippen LogP contribution is -2.29. The summed E-state index contributed by atoms with van der Waals surface area (Å²) in [4.78, 5) is 0. The topological polar surface area (TPSA) is 47.3 Å². The number of nitrogens with two attached hydrogens (primary N) is 1. The average Bonchev–Trinajstić information content (AvgIpc) is 2.45. The minimum Gasteiger partial charge on any atom is -0.495 e. The summed E-state index contributed by atoms with van der Waals surface area (Å²) < 4.78 is 6.30. The largest absolute Gasteiger partial charge is 0.495 e. The fourth-order valence-corrected chi connectivity index (χ4v) is 2.80. The van der Waals surface area contributed by atoms with E-state index in [-0.39, 0.29) is 6.04 Å². The molecular formula is C15H16BrClN2O. The summed E-state index contributed by atoms with van der Waals surface area (Å²) in [7, 11) is 1.60. The highest BCUT2D eigenvalue weighted by Crippen LogP contribution is 2.33. The number of ether oxygens (including phenoxy) is 1. The molecule has 5 heteroatoms. The van der Waals surface area contributed by atoms with Crippen molar-refractivity contribution >= 4 is 27.5 Å². The molecule has 0 aliphatic heterocycles. The molecular weight excluding hydrogens is 340 g/mol. The van der Waals surface area contributed by atoms with Gasteiger partial charge in [-0.1, -0.05) is 51.8 Å². The summed E-state index contributed by atoms with van der Waals surface area (Å²) >= 11 is 9.68. The maximum Gasteiger partial charge on any atom is 0.137 e. The first-order chi connectivity index (χ1) is 9.58. The predicted octanol–water partition coefficient (Wildman–Crippen LogP) is 3.97. The van der Waals surface area contributed by atoms with Gasteiger partial charge in [0.1, 0.15) is 5.75 Å². The van der Waals surface area contributed by atoms with Crippen molar-refractivity contribution in [3.8, 4) is 5.75 Å². The fourth-order valence-electron chi connectivity index (χ4n) is 2.11. The van der Waals surface area contributed by atoms with E-state index in [1.165, 1.54) is 0 Å². The number of benzene rings is 2. The first-order valence-electron chi connectivity index (χ1n) is 6.13. The maximum atomic E-state index is 6.06. The molecule has 0 heterocycles. The van der Waals surface area contributed by atoms with E-state index in [2.05, 4.69) is 21.4 Å². The second-order valence-electron chi connectivity index (χ2n) is 4.47. The molecule has 0 fully saturated rings. The van der Waals surface area contributed by atoms with Crippen LogP contribution in [-0.4, -0.2) is 7.11 Å². The lowest BCUT2D eigenvalue weighted by atomic mass is 9.97. The Balaban J connectivity index is 2.49. The normalized spacial score (nSPS) is 12.2. The molecule has 2 aromatic rings. The Hall–Kier alpha value is -1.07. The molecule has 0 aromatic heterocycles. The Kier molecular flexibility index (Phi) is 5.05. The third-order valence-electron chi connectivity index (χ3n) is 3.21. The molecule has 1 atom stereocenters. The molecule has 3 nitrogen and oxygen atoms in total. The Labute approximate surface area is 132 Å². The van der Waals surface area contributed by atoms with E-state index < -0.39 is 0 Å². The maximum absolute atomic E-state index is 6.06. The van der Waals surface area contributed by atoms with Crippen molar-refractivity contribution in [1.82, 2.24) is 5.43 Å². The minimum atomic E-state index is -0.143. The third-order valence-corrected chi connectivity index (χ3v) is 4.60. The lowest BCUT2D eigenvalue weighted by Gasteiger charge is -2.20. The number of hydrogen-bond acceptors (Lipinski definition) is 3. The van der Waals surface area contributed by atoms with Gasteiger partial charge in [-0.25, -0.2) is 5.43 Å². The van der Waals surface area contributed by atoms with E-state index in [0.29, 0.717) is 10.8 Å². The van der Waals surface area contributed by atoms with Gasteiger partial charge in [0, 0.05) is 4.47 Å². The Morgan fingerprint density at radius 1 is 1.30 bits per heavy atom. The highest BCUT2D eigenvalue weighted by atomic mass is 79.9. The molecule has 0 aliphatic carbocycles. The van der Waals surface area contributed by atoms with Gasteiger partial charge in [-0.3, -0.25) is 5.84 Å². The van der Waals surface area contributed by atoms with Crippen LogP contribution in [0.25, 0.3) is 0 Å². The van der Waals surface area contributed by atoms with Gasteiger partial charge in [0.15, 0.2) is 0 Å². The molecule has 0 bridgehead atoms. The number of hydrazine groups is 1. The summed E-state index contributed by atoms with van der Waals surface area (Å²) in [6, 6.07) is 11.6. The third kappa shape index (κ3) is 2.99. The zero-order valence-electron chi connectivity index (χ0n) is 11.3. The number of hydrogen-bond donors (Lipinski definition) is 2. The second-order valence-corrected chi connectivity index (χ2v) is 5.67. The van der Waals surface area contributed by atoms with Gasteiger partial charge in [0.05, 0.1) is 18.2 Å². The summed E-state index contributed by atoms with van der Waals surface area (Å²) in [5, 5.41) is 0.579. The summed E-state index contributed by atoms with van der Waals surface area (Å²) in [6.45, 7) is 2.05. The van der Waals surface area contributed by atoms with E-state index in [4.69, 9.17) is 22.2 Å². The summed E-state index contributed by atoms with van der Waals surface area (Å²) in [5.74, 6) is 6.37. The van der Waals surface area contributed by atoms with Crippen LogP contribution in [0.2, 0.25) is 5.02 Å². The first kappa shape index (κ1) is 15.3. The van der Waals surface area contributed by atoms with Crippen LogP contribution in [-0.2, 0) is 0 Å². The number of aryl methyl sites for hydroxylation is 1. The van der Waals surface area contributed by atoms with Crippen LogP contribution in [0, 0.1) is 6.92 Å². The van der Waals surface area contributed by atoms with Crippen molar-refractivity contribution in [3.05, 3.63) is 62.6 Å². The molecule has 2 rings (SSSR count). The van der Waals surface area contributed by atoms with Crippen LogP contribution in [0.5, 0.6) is 5.75 Å². The van der Waals surface area contributed by atoms with Crippen molar-refractivity contribution in [2.24, 2.45) is 5.84 Å². The molecule has 0 saturated carbocycles. The monoisotopic (exact) mass is 354 g/mol. The van der Waals surface area contributed by atoms with E-state index in [9.17, 15) is 0 Å². The molecule has 0 amide bonds. The minimum absolute atomic E-state index is 0.143. The number of nitrogens with one attached hydrogen (secondary N) is 1. The SMILES string of the molecule is COc1cc(C(NN)c2cccc(C)c2Br)ccc1Cl. The average molecular weight is 356 g/mol. The molecule has 2 aromatic carbocycles. The van der Waals surface area contributed by atoms with Crippen molar-refractivity contribution in [2.45, 2.75) is 13.0 Å². The second kappa shape index (κ2) is 6.59. The van der Waals surface area contributed by atoms with Crippen LogP contribution in [0.4, 0.5) is 0 Å². The van der Waals surface area contributed by atoms with E-state index in [1.54, 1.807) is 7.11 Å². The molecule has 106 valence electrons. The van der Waals surface area contributed by atoms with Crippen molar-refractivity contribution in [1.29, 1.82) is 0 Å². The van der Waals surface area contributed by atoms with E-state index >= 15 is 0 Å². The van der Waals surface area contributed by atoms with Gasteiger partial charge in [-0.15, -0.1) is 0 Å². The smallest absolute Gasteiger partial charge is 0.137 e. The zero-order valence-corrected chi connectivity index (χ0v) is 13.6. The summed E-state index contributed by atoms with van der Waals surface area (Å²) in [6.07, 6.45) is 0. The van der Waals surface area contributed by atoms with Crippen LogP contribution in [0.15, 0.2) is 40.9 Å². The van der Waals surface area contributed by atoms with Gasteiger partial charge >= 0.3 is 0 Å². The van der Waals surface area contributed by atoms with Gasteiger partial charge in [0.25, 0.3) is 0 Å². The van der Waals surface area contributed by atoms with Gasteiger partial charge in [-0.05, 0) is 35.7 Å². The van der Waals surface area contributed by atoms with Gasteiger partial charge in [-0.2, -0.15) is 0 Å².